The molecule has 140 valence electrons. The highest BCUT2D eigenvalue weighted by Crippen LogP contribution is 2.29. The highest BCUT2D eigenvalue weighted by molar-refractivity contribution is 7.87. The van der Waals surface area contributed by atoms with Gasteiger partial charge in [-0.15, -0.1) is 15.6 Å². The Labute approximate surface area is 154 Å². The molecule has 13 heteroatoms. The first-order valence-electron chi connectivity index (χ1n) is 6.81. The number of nitrogens with two attached hydrogens (primary N) is 1. The lowest BCUT2D eigenvalue weighted by Gasteiger charge is -2.06. The predicted octanol–water partition coefficient (Wildman–Crippen LogP) is 0.281. The van der Waals surface area contributed by atoms with Gasteiger partial charge in [-0.25, -0.2) is 13.9 Å². The highest BCUT2D eigenvalue weighted by Gasteiger charge is 2.20. The number of thiophene rings is 1. The van der Waals surface area contributed by atoms with Gasteiger partial charge in [-0.1, -0.05) is 18.2 Å². The van der Waals surface area contributed by atoms with Crippen LogP contribution in [0.5, 0.6) is 0 Å². The maximum atomic E-state index is 12.2. The van der Waals surface area contributed by atoms with E-state index in [0.717, 1.165) is 0 Å². The largest absolute Gasteiger partial charge is 0.368 e. The van der Waals surface area contributed by atoms with Crippen LogP contribution in [-0.4, -0.2) is 34.3 Å². The van der Waals surface area contributed by atoms with Crippen LogP contribution in [0.4, 0.5) is 5.00 Å². The van der Waals surface area contributed by atoms with Crippen molar-refractivity contribution in [3.8, 4) is 11.1 Å². The molecule has 0 atom stereocenters. The molecule has 0 unspecified atom stereocenters. The van der Waals surface area contributed by atoms with Crippen molar-refractivity contribution in [3.05, 3.63) is 41.3 Å². The van der Waals surface area contributed by atoms with Crippen molar-refractivity contribution in [2.45, 2.75) is 0 Å². The van der Waals surface area contributed by atoms with Crippen LogP contribution in [-0.2, 0) is 25.3 Å². The minimum atomic E-state index is -4.27. The van der Waals surface area contributed by atoms with E-state index in [4.69, 9.17) is 11.1 Å². The molecule has 26 heavy (non-hydrogen) atoms. The molecule has 0 fully saturated rings. The van der Waals surface area contributed by atoms with E-state index in [-0.39, 0.29) is 5.56 Å². The molecule has 0 bridgehead atoms. The van der Waals surface area contributed by atoms with Crippen molar-refractivity contribution in [1.82, 2.24) is 5.48 Å². The number of guanidine groups is 1. The first-order valence-corrected chi connectivity index (χ1v) is 10.4. The summed E-state index contributed by atoms with van der Waals surface area (Å²) in [6.07, 6.45) is 0. The van der Waals surface area contributed by atoms with Gasteiger partial charge in [-0.3, -0.25) is 14.9 Å². The molecule has 0 saturated carbocycles. The molecule has 0 radical (unpaired) electrons. The van der Waals surface area contributed by atoms with Crippen LogP contribution in [0.2, 0.25) is 0 Å². The summed E-state index contributed by atoms with van der Waals surface area (Å²) in [6.45, 7) is 0. The SMILES string of the molecule is N=C(N)NOS(=O)(=O)CC(=O)c1cccc(-c2csc(N[SH](=O)=O)c2)c1. The lowest BCUT2D eigenvalue weighted by Crippen LogP contribution is -2.34. The second kappa shape index (κ2) is 8.27. The number of hydroxylamine groups is 1. The molecule has 1 heterocycles. The van der Waals surface area contributed by atoms with Crippen molar-refractivity contribution >= 4 is 49.1 Å². The molecule has 0 aliphatic rings. The lowest BCUT2D eigenvalue weighted by atomic mass is 10.0. The molecule has 1 aromatic carbocycles. The molecule has 2 rings (SSSR count). The van der Waals surface area contributed by atoms with Crippen LogP contribution in [0, 0.1) is 5.41 Å². The second-order valence-corrected chi connectivity index (χ2v) is 8.09. The summed E-state index contributed by atoms with van der Waals surface area (Å²) in [5.74, 6) is -2.37. The predicted molar refractivity (Wildman–Crippen MR) is 97.9 cm³/mol. The van der Waals surface area contributed by atoms with Crippen LogP contribution in [0.1, 0.15) is 10.4 Å². The number of benzene rings is 1. The molecule has 0 aliphatic carbocycles. The molecule has 0 amide bonds. The zero-order valence-electron chi connectivity index (χ0n) is 13.0. The summed E-state index contributed by atoms with van der Waals surface area (Å²) >= 11 is 1.17. The Kier molecular flexibility index (Phi) is 6.31. The fourth-order valence-electron chi connectivity index (χ4n) is 1.89. The van der Waals surface area contributed by atoms with Gasteiger partial charge in [-0.2, -0.15) is 8.42 Å². The summed E-state index contributed by atoms with van der Waals surface area (Å²) in [5, 5.41) is 8.95. The van der Waals surface area contributed by atoms with Gasteiger partial charge in [0, 0.05) is 10.9 Å². The average molecular weight is 418 g/mol. The van der Waals surface area contributed by atoms with Gasteiger partial charge in [0.25, 0.3) is 10.1 Å². The van der Waals surface area contributed by atoms with E-state index in [9.17, 15) is 21.6 Å². The Balaban J connectivity index is 2.16. The highest BCUT2D eigenvalue weighted by atomic mass is 32.2. The number of hydrogen-bond acceptors (Lipinski definition) is 8. The van der Waals surface area contributed by atoms with Gasteiger partial charge in [-0.05, 0) is 23.3 Å². The summed E-state index contributed by atoms with van der Waals surface area (Å²) < 4.78 is 51.2. The Morgan fingerprint density at radius 3 is 2.65 bits per heavy atom. The maximum Gasteiger partial charge on any atom is 0.295 e. The summed E-state index contributed by atoms with van der Waals surface area (Å²) in [5.41, 5.74) is 7.99. The van der Waals surface area contributed by atoms with Crippen molar-refractivity contribution in [2.75, 3.05) is 10.5 Å². The third-order valence-corrected chi connectivity index (χ3v) is 5.28. The quantitative estimate of drug-likeness (QED) is 0.134. The van der Waals surface area contributed by atoms with Crippen LogP contribution in [0.25, 0.3) is 11.1 Å². The Morgan fingerprint density at radius 2 is 2.00 bits per heavy atom. The number of carbonyl (C=O) groups excluding carboxylic acids is 1. The van der Waals surface area contributed by atoms with Crippen LogP contribution >= 0.6 is 11.3 Å². The van der Waals surface area contributed by atoms with E-state index in [1.165, 1.54) is 23.5 Å². The van der Waals surface area contributed by atoms with Crippen molar-refractivity contribution in [1.29, 1.82) is 5.41 Å². The Hall–Kier alpha value is -2.48. The maximum absolute atomic E-state index is 12.2. The summed E-state index contributed by atoms with van der Waals surface area (Å²) in [7, 11) is -7.04. The third-order valence-electron chi connectivity index (χ3n) is 2.91. The summed E-state index contributed by atoms with van der Waals surface area (Å²) in [4.78, 5) is 12.2. The number of Topliss-reactive ketones (excluding diaryl/α,β-unsaturated/α-hetero) is 1. The van der Waals surface area contributed by atoms with Gasteiger partial charge in [0.15, 0.2) is 5.78 Å². The number of ketones is 1. The van der Waals surface area contributed by atoms with E-state index < -0.39 is 38.5 Å². The fraction of sp³-hybridized carbons (Fsp3) is 0.0769. The van der Waals surface area contributed by atoms with E-state index in [2.05, 4.69) is 9.01 Å². The summed E-state index contributed by atoms with van der Waals surface area (Å²) in [6, 6.07) is 7.79. The van der Waals surface area contributed by atoms with E-state index in [1.807, 2.05) is 0 Å². The number of nitrogens with one attached hydrogen (secondary N) is 3. The van der Waals surface area contributed by atoms with Gasteiger partial charge >= 0.3 is 0 Å². The standard InChI is InChI=1S/C13H14N4O6S3/c14-13(15)16-23-26(21,22)7-11(18)9-3-1-2-8(4-9)10-5-12(24-6-10)17-25(19)20/h1-6,25H,7H2,(H4,14,15,16)(H,17,19,20). The van der Waals surface area contributed by atoms with Crippen LogP contribution < -0.4 is 15.9 Å². The van der Waals surface area contributed by atoms with Crippen molar-refractivity contribution < 1.29 is 25.9 Å². The van der Waals surface area contributed by atoms with Gasteiger partial charge in [0.2, 0.25) is 16.8 Å². The van der Waals surface area contributed by atoms with E-state index >= 15 is 0 Å². The molecule has 10 nitrogen and oxygen atoms in total. The monoisotopic (exact) mass is 418 g/mol. The first-order chi connectivity index (χ1) is 12.2. The molecular weight excluding hydrogens is 404 g/mol. The molecule has 0 aliphatic heterocycles. The average Bonchev–Trinajstić information content (AvgIpc) is 3.00. The number of hydrogen-bond donors (Lipinski definition) is 5. The minimum absolute atomic E-state index is 0.133. The molecule has 5 N–H and O–H groups in total. The van der Waals surface area contributed by atoms with E-state index in [0.29, 0.717) is 16.1 Å². The molecule has 2 aromatic rings. The number of anilines is 1. The Bertz CT molecular complexity index is 1000. The van der Waals surface area contributed by atoms with Gasteiger partial charge < -0.3 is 5.73 Å². The van der Waals surface area contributed by atoms with Crippen LogP contribution in [0.3, 0.4) is 0 Å². The minimum Gasteiger partial charge on any atom is -0.368 e. The van der Waals surface area contributed by atoms with Gasteiger partial charge in [0.05, 0.1) is 0 Å². The van der Waals surface area contributed by atoms with E-state index in [1.54, 1.807) is 29.1 Å². The number of rotatable bonds is 8. The van der Waals surface area contributed by atoms with Crippen molar-refractivity contribution in [3.63, 3.8) is 0 Å². The molecule has 0 spiro atoms. The topological polar surface area (TPSA) is 169 Å². The number of carbonyl (C=O) groups is 1. The first kappa shape index (κ1) is 19.8. The van der Waals surface area contributed by atoms with Crippen LogP contribution in [0.15, 0.2) is 35.7 Å². The zero-order chi connectivity index (χ0) is 19.3. The molecular formula is C13H14N4O6S3. The molecule has 1 aromatic heterocycles. The lowest BCUT2D eigenvalue weighted by molar-refractivity contribution is 0.101. The fourth-order valence-corrected chi connectivity index (χ4v) is 3.99. The van der Waals surface area contributed by atoms with Crippen molar-refractivity contribution in [2.24, 2.45) is 5.73 Å². The second-order valence-electron chi connectivity index (χ2n) is 4.87. The smallest absolute Gasteiger partial charge is 0.295 e. The Morgan fingerprint density at radius 1 is 1.27 bits per heavy atom. The zero-order valence-corrected chi connectivity index (χ0v) is 15.5. The van der Waals surface area contributed by atoms with Gasteiger partial charge in [0.1, 0.15) is 10.8 Å². The normalized spacial score (nSPS) is 11.3. The molecule has 0 saturated heterocycles. The number of thiol groups is 1. The third kappa shape index (κ3) is 5.80.